The maximum absolute atomic E-state index is 13.0. The van der Waals surface area contributed by atoms with Crippen molar-refractivity contribution in [1.82, 2.24) is 9.78 Å². The number of aryl methyl sites for hydroxylation is 1. The van der Waals surface area contributed by atoms with Gasteiger partial charge >= 0.3 is 0 Å². The van der Waals surface area contributed by atoms with Gasteiger partial charge in [-0.3, -0.25) is 4.68 Å². The molecule has 18 heavy (non-hydrogen) atoms. The van der Waals surface area contributed by atoms with Gasteiger partial charge in [-0.2, -0.15) is 5.10 Å². The van der Waals surface area contributed by atoms with Gasteiger partial charge < -0.3 is 5.11 Å². The van der Waals surface area contributed by atoms with Crippen LogP contribution in [0.25, 0.3) is 0 Å². The van der Waals surface area contributed by atoms with Crippen LogP contribution in [0.5, 0.6) is 0 Å². The molecule has 1 N–H and O–H groups in total. The molecule has 1 aromatic heterocycles. The second-order valence-electron chi connectivity index (χ2n) is 4.11. The van der Waals surface area contributed by atoms with Crippen LogP contribution in [-0.4, -0.2) is 14.9 Å². The summed E-state index contributed by atoms with van der Waals surface area (Å²) in [6.45, 7) is 2.86. The SMILES string of the molecule is CCCn1cc(C(O)c2ccc(F)c(Cl)c2)cn1. The Morgan fingerprint density at radius 2 is 2.22 bits per heavy atom. The average Bonchev–Trinajstić information content (AvgIpc) is 2.81. The normalized spacial score (nSPS) is 12.7. The molecule has 1 aromatic carbocycles. The minimum absolute atomic E-state index is 0.00694. The highest BCUT2D eigenvalue weighted by molar-refractivity contribution is 6.30. The maximum atomic E-state index is 13.0. The van der Waals surface area contributed by atoms with Crippen LogP contribution in [0.15, 0.2) is 30.6 Å². The average molecular weight is 269 g/mol. The van der Waals surface area contributed by atoms with Gasteiger partial charge in [-0.25, -0.2) is 4.39 Å². The summed E-state index contributed by atoms with van der Waals surface area (Å²) in [5, 5.41) is 14.3. The number of nitrogens with zero attached hydrogens (tertiary/aromatic N) is 2. The molecule has 5 heteroatoms. The van der Waals surface area contributed by atoms with Gasteiger partial charge in [-0.05, 0) is 24.1 Å². The van der Waals surface area contributed by atoms with Gasteiger partial charge in [0.05, 0.1) is 11.2 Å². The van der Waals surface area contributed by atoms with Gasteiger partial charge in [-0.1, -0.05) is 24.6 Å². The van der Waals surface area contributed by atoms with E-state index in [1.807, 2.05) is 0 Å². The summed E-state index contributed by atoms with van der Waals surface area (Å²) >= 11 is 5.69. The molecule has 1 atom stereocenters. The lowest BCUT2D eigenvalue weighted by Gasteiger charge is -2.09. The minimum Gasteiger partial charge on any atom is -0.384 e. The molecule has 3 nitrogen and oxygen atoms in total. The van der Waals surface area contributed by atoms with E-state index in [1.165, 1.54) is 18.2 Å². The molecule has 0 saturated heterocycles. The molecule has 0 radical (unpaired) electrons. The zero-order chi connectivity index (χ0) is 13.1. The Morgan fingerprint density at radius 1 is 1.44 bits per heavy atom. The van der Waals surface area contributed by atoms with Crippen LogP contribution in [-0.2, 0) is 6.54 Å². The van der Waals surface area contributed by atoms with E-state index >= 15 is 0 Å². The summed E-state index contributed by atoms with van der Waals surface area (Å²) in [5.74, 6) is -0.491. The molecule has 0 fully saturated rings. The lowest BCUT2D eigenvalue weighted by Crippen LogP contribution is -2.00. The monoisotopic (exact) mass is 268 g/mol. The number of aliphatic hydroxyl groups is 1. The largest absolute Gasteiger partial charge is 0.384 e. The van der Waals surface area contributed by atoms with Crippen molar-refractivity contribution >= 4 is 11.6 Å². The predicted molar refractivity (Wildman–Crippen MR) is 68.0 cm³/mol. The molecule has 2 rings (SSSR count). The summed E-state index contributed by atoms with van der Waals surface area (Å²) < 4.78 is 14.8. The highest BCUT2D eigenvalue weighted by Gasteiger charge is 2.14. The van der Waals surface area contributed by atoms with Crippen molar-refractivity contribution in [3.8, 4) is 0 Å². The van der Waals surface area contributed by atoms with Crippen LogP contribution in [0.3, 0.4) is 0 Å². The van der Waals surface area contributed by atoms with Gasteiger partial charge in [0.25, 0.3) is 0 Å². The zero-order valence-electron chi connectivity index (χ0n) is 9.98. The summed E-state index contributed by atoms with van der Waals surface area (Å²) in [7, 11) is 0. The second-order valence-corrected chi connectivity index (χ2v) is 4.52. The molecule has 0 aliphatic heterocycles. The third-order valence-electron chi connectivity index (χ3n) is 2.68. The molecule has 96 valence electrons. The third kappa shape index (κ3) is 2.71. The van der Waals surface area contributed by atoms with Crippen molar-refractivity contribution in [1.29, 1.82) is 0 Å². The van der Waals surface area contributed by atoms with Crippen LogP contribution in [0, 0.1) is 5.82 Å². The van der Waals surface area contributed by atoms with Crippen molar-refractivity contribution in [2.24, 2.45) is 0 Å². The number of hydrogen-bond acceptors (Lipinski definition) is 2. The van der Waals surface area contributed by atoms with E-state index in [1.54, 1.807) is 17.1 Å². The number of hydrogen-bond donors (Lipinski definition) is 1. The molecule has 2 aromatic rings. The van der Waals surface area contributed by atoms with Crippen LogP contribution in [0.4, 0.5) is 4.39 Å². The first-order valence-electron chi connectivity index (χ1n) is 5.77. The molecule has 0 aliphatic carbocycles. The quantitative estimate of drug-likeness (QED) is 0.925. The smallest absolute Gasteiger partial charge is 0.141 e. The van der Waals surface area contributed by atoms with Gasteiger partial charge in [0.15, 0.2) is 0 Å². The molecule has 0 aliphatic rings. The molecule has 1 heterocycles. The first-order chi connectivity index (χ1) is 8.61. The fourth-order valence-corrected chi connectivity index (χ4v) is 1.94. The Hall–Kier alpha value is -1.39. The highest BCUT2D eigenvalue weighted by Crippen LogP contribution is 2.25. The van der Waals surface area contributed by atoms with E-state index < -0.39 is 11.9 Å². The van der Waals surface area contributed by atoms with Crippen LogP contribution in [0.2, 0.25) is 5.02 Å². The van der Waals surface area contributed by atoms with Crippen LogP contribution in [0.1, 0.15) is 30.6 Å². The van der Waals surface area contributed by atoms with E-state index in [9.17, 15) is 9.50 Å². The Balaban J connectivity index is 2.23. The molecule has 0 bridgehead atoms. The molecule has 0 saturated carbocycles. The topological polar surface area (TPSA) is 38.0 Å². The fourth-order valence-electron chi connectivity index (χ4n) is 1.75. The van der Waals surface area contributed by atoms with Gasteiger partial charge in [0, 0.05) is 18.3 Å². The summed E-state index contributed by atoms with van der Waals surface area (Å²) in [4.78, 5) is 0. The maximum Gasteiger partial charge on any atom is 0.141 e. The molecule has 0 amide bonds. The van der Waals surface area contributed by atoms with Gasteiger partial charge in [-0.15, -0.1) is 0 Å². The highest BCUT2D eigenvalue weighted by atomic mass is 35.5. The van der Waals surface area contributed by atoms with Crippen LogP contribution >= 0.6 is 11.6 Å². The fraction of sp³-hybridized carbons (Fsp3) is 0.308. The second kappa shape index (κ2) is 5.50. The molecular weight excluding hydrogens is 255 g/mol. The van der Waals surface area contributed by atoms with E-state index in [2.05, 4.69) is 12.0 Å². The first-order valence-corrected chi connectivity index (χ1v) is 6.15. The van der Waals surface area contributed by atoms with Crippen molar-refractivity contribution in [3.05, 3.63) is 52.6 Å². The van der Waals surface area contributed by atoms with E-state index in [0.29, 0.717) is 11.1 Å². The van der Waals surface area contributed by atoms with Crippen molar-refractivity contribution in [2.45, 2.75) is 26.0 Å². The summed E-state index contributed by atoms with van der Waals surface area (Å²) in [6.07, 6.45) is 3.52. The minimum atomic E-state index is -0.839. The Labute approximate surface area is 110 Å². The number of aliphatic hydroxyl groups excluding tert-OH is 1. The Bertz CT molecular complexity index is 542. The van der Waals surface area contributed by atoms with E-state index in [-0.39, 0.29) is 5.02 Å². The first kappa shape index (κ1) is 13.1. The number of aromatic nitrogens is 2. The van der Waals surface area contributed by atoms with E-state index in [0.717, 1.165) is 13.0 Å². The number of rotatable bonds is 4. The summed E-state index contributed by atoms with van der Waals surface area (Å²) in [5.41, 5.74) is 1.23. The third-order valence-corrected chi connectivity index (χ3v) is 2.97. The predicted octanol–water partition coefficient (Wildman–Crippen LogP) is 3.17. The van der Waals surface area contributed by atoms with E-state index in [4.69, 9.17) is 11.6 Å². The van der Waals surface area contributed by atoms with Gasteiger partial charge in [0.2, 0.25) is 0 Å². The lowest BCUT2D eigenvalue weighted by molar-refractivity contribution is 0.220. The Kier molecular flexibility index (Phi) is 3.99. The van der Waals surface area contributed by atoms with Gasteiger partial charge in [0.1, 0.15) is 11.9 Å². The number of halogens is 2. The zero-order valence-corrected chi connectivity index (χ0v) is 10.7. The van der Waals surface area contributed by atoms with Crippen molar-refractivity contribution < 1.29 is 9.50 Å². The van der Waals surface area contributed by atoms with Crippen molar-refractivity contribution in [2.75, 3.05) is 0 Å². The molecule has 1 unspecified atom stereocenters. The summed E-state index contributed by atoms with van der Waals surface area (Å²) in [6, 6.07) is 4.19. The molecular formula is C13H14ClFN2O. The number of benzene rings is 1. The van der Waals surface area contributed by atoms with Crippen molar-refractivity contribution in [3.63, 3.8) is 0 Å². The standard InChI is InChI=1S/C13H14ClFN2O/c1-2-5-17-8-10(7-16-17)13(18)9-3-4-12(15)11(14)6-9/h3-4,6-8,13,18H,2,5H2,1H3. The Morgan fingerprint density at radius 3 is 2.89 bits per heavy atom. The van der Waals surface area contributed by atoms with Crippen LogP contribution < -0.4 is 0 Å². The molecule has 0 spiro atoms. The lowest BCUT2D eigenvalue weighted by atomic mass is 10.0.